The summed E-state index contributed by atoms with van der Waals surface area (Å²) in [6.45, 7) is 0. The average molecular weight is 428 g/mol. The Morgan fingerprint density at radius 2 is 1.22 bits per heavy atom. The molecule has 6 nitrogen and oxygen atoms in total. The van der Waals surface area contributed by atoms with Crippen molar-refractivity contribution in [3.8, 4) is 11.5 Å². The highest BCUT2D eigenvalue weighted by atomic mass is 17.2. The molecule has 1 atom stereocenters. The van der Waals surface area contributed by atoms with Crippen LogP contribution in [0.1, 0.15) is 12.0 Å². The number of allylic oxidation sites excluding steroid dienone is 1. The van der Waals surface area contributed by atoms with E-state index in [9.17, 15) is 9.59 Å². The molecule has 1 aliphatic rings. The molecule has 0 radical (unpaired) electrons. The van der Waals surface area contributed by atoms with Crippen molar-refractivity contribution < 1.29 is 29.1 Å². The van der Waals surface area contributed by atoms with Gasteiger partial charge in [0.25, 0.3) is 0 Å². The predicted molar refractivity (Wildman–Crippen MR) is 116 cm³/mol. The predicted octanol–water partition coefficient (Wildman–Crippen LogP) is 4.89. The van der Waals surface area contributed by atoms with Crippen LogP contribution in [-0.2, 0) is 24.8 Å². The Balaban J connectivity index is 1.48. The average Bonchev–Trinajstić information content (AvgIpc) is 2.87. The van der Waals surface area contributed by atoms with Crippen molar-refractivity contribution in [2.45, 2.75) is 11.8 Å². The minimum Gasteiger partial charge on any atom is -0.287 e. The molecular weight excluding hydrogens is 408 g/mol. The van der Waals surface area contributed by atoms with Gasteiger partial charge in [-0.25, -0.2) is 19.4 Å². The van der Waals surface area contributed by atoms with Crippen LogP contribution in [0.2, 0.25) is 0 Å². The van der Waals surface area contributed by atoms with Crippen molar-refractivity contribution in [1.82, 2.24) is 0 Å². The van der Waals surface area contributed by atoms with Crippen LogP contribution < -0.4 is 9.78 Å². The highest BCUT2D eigenvalue weighted by molar-refractivity contribution is 5.94. The van der Waals surface area contributed by atoms with Gasteiger partial charge in [0, 0.05) is 0 Å². The normalized spacial score (nSPS) is 17.1. The maximum Gasteiger partial charge on any atom is 0.385 e. The van der Waals surface area contributed by atoms with E-state index in [0.717, 1.165) is 0 Å². The fraction of sp³-hybridized carbons (Fsp3) is 0.0769. The lowest BCUT2D eigenvalue weighted by Gasteiger charge is -2.29. The molecule has 160 valence electrons. The molecule has 0 aromatic heterocycles. The monoisotopic (exact) mass is 428 g/mol. The standard InChI is InChI=1S/C26H20O6/c27-24(31-29-22-12-6-2-7-13-22)20-16-18-26(19-17-20,21-10-4-1-5-11-21)25(28)32-30-23-14-8-3-9-15-23/h1-18H,19H2. The van der Waals surface area contributed by atoms with Crippen LogP contribution in [0.15, 0.2) is 115 Å². The Bertz CT molecular complexity index is 1120. The summed E-state index contributed by atoms with van der Waals surface area (Å²) in [6, 6.07) is 26.6. The molecule has 3 aromatic carbocycles. The second kappa shape index (κ2) is 9.66. The Morgan fingerprint density at radius 3 is 1.75 bits per heavy atom. The van der Waals surface area contributed by atoms with E-state index in [0.29, 0.717) is 17.1 Å². The van der Waals surface area contributed by atoms with Crippen molar-refractivity contribution in [1.29, 1.82) is 0 Å². The Kier molecular flexibility index (Phi) is 6.32. The van der Waals surface area contributed by atoms with Gasteiger partial charge in [-0.1, -0.05) is 85.0 Å². The third-order valence-corrected chi connectivity index (χ3v) is 4.99. The van der Waals surface area contributed by atoms with Gasteiger partial charge in [0.1, 0.15) is 5.41 Å². The van der Waals surface area contributed by atoms with E-state index in [2.05, 4.69) is 0 Å². The van der Waals surface area contributed by atoms with E-state index in [1.54, 1.807) is 60.7 Å². The zero-order valence-corrected chi connectivity index (χ0v) is 17.0. The smallest absolute Gasteiger partial charge is 0.287 e. The van der Waals surface area contributed by atoms with Crippen LogP contribution in [0, 0.1) is 0 Å². The summed E-state index contributed by atoms with van der Waals surface area (Å²) >= 11 is 0. The topological polar surface area (TPSA) is 71.1 Å². The first-order chi connectivity index (χ1) is 15.7. The number of para-hydroxylation sites is 2. The molecule has 0 N–H and O–H groups in total. The van der Waals surface area contributed by atoms with E-state index in [4.69, 9.17) is 19.6 Å². The molecule has 6 heteroatoms. The molecular formula is C26H20O6. The van der Waals surface area contributed by atoms with Gasteiger partial charge in [-0.3, -0.25) is 9.78 Å². The maximum atomic E-state index is 13.1. The molecule has 0 bridgehead atoms. The van der Waals surface area contributed by atoms with Crippen LogP contribution in [0.25, 0.3) is 0 Å². The van der Waals surface area contributed by atoms with E-state index in [-0.39, 0.29) is 12.0 Å². The summed E-state index contributed by atoms with van der Waals surface area (Å²) in [5, 5.41) is 0. The van der Waals surface area contributed by atoms with Crippen molar-refractivity contribution in [2.24, 2.45) is 0 Å². The summed E-state index contributed by atoms with van der Waals surface area (Å²) in [6.07, 6.45) is 4.95. The van der Waals surface area contributed by atoms with Gasteiger partial charge in [-0.05, 0) is 36.2 Å². The zero-order valence-electron chi connectivity index (χ0n) is 17.0. The summed E-state index contributed by atoms with van der Waals surface area (Å²) in [4.78, 5) is 45.8. The molecule has 3 aromatic rings. The van der Waals surface area contributed by atoms with E-state index in [1.807, 2.05) is 42.5 Å². The molecule has 4 rings (SSSR count). The van der Waals surface area contributed by atoms with Crippen LogP contribution in [0.4, 0.5) is 0 Å². The molecule has 0 aliphatic heterocycles. The summed E-state index contributed by atoms with van der Waals surface area (Å²) in [5.74, 6) is -0.461. The van der Waals surface area contributed by atoms with Gasteiger partial charge in [-0.2, -0.15) is 0 Å². The van der Waals surface area contributed by atoms with Crippen LogP contribution in [0.3, 0.4) is 0 Å². The third-order valence-electron chi connectivity index (χ3n) is 4.99. The first-order valence-corrected chi connectivity index (χ1v) is 10.0. The highest BCUT2D eigenvalue weighted by Gasteiger charge is 2.42. The van der Waals surface area contributed by atoms with Gasteiger partial charge in [-0.15, -0.1) is 0 Å². The molecule has 0 saturated heterocycles. The first kappa shape index (κ1) is 20.9. The molecule has 32 heavy (non-hydrogen) atoms. The Morgan fingerprint density at radius 1 is 0.688 bits per heavy atom. The molecule has 0 fully saturated rings. The van der Waals surface area contributed by atoms with Gasteiger partial charge in [0.2, 0.25) is 0 Å². The molecule has 1 unspecified atom stereocenters. The quantitative estimate of drug-likeness (QED) is 0.394. The lowest BCUT2D eigenvalue weighted by atomic mass is 9.74. The van der Waals surface area contributed by atoms with Crippen LogP contribution in [0.5, 0.6) is 11.5 Å². The highest BCUT2D eigenvalue weighted by Crippen LogP contribution is 2.36. The third kappa shape index (κ3) is 4.70. The van der Waals surface area contributed by atoms with Gasteiger partial charge < -0.3 is 0 Å². The second-order valence-corrected chi connectivity index (χ2v) is 7.07. The van der Waals surface area contributed by atoms with Crippen molar-refractivity contribution in [3.05, 3.63) is 120 Å². The summed E-state index contributed by atoms with van der Waals surface area (Å²) < 4.78 is 0. The van der Waals surface area contributed by atoms with Crippen molar-refractivity contribution >= 4 is 11.9 Å². The minimum atomic E-state index is -1.15. The van der Waals surface area contributed by atoms with Crippen LogP contribution in [-0.4, -0.2) is 11.9 Å². The van der Waals surface area contributed by atoms with E-state index >= 15 is 0 Å². The largest absolute Gasteiger partial charge is 0.385 e. The Labute approximate surface area is 185 Å². The SMILES string of the molecule is O=C(OOc1ccccc1)C1=CCC(C(=O)OOc2ccccc2)(c2ccccc2)C=C1. The summed E-state index contributed by atoms with van der Waals surface area (Å²) in [5.41, 5.74) is -0.175. The lowest BCUT2D eigenvalue weighted by molar-refractivity contribution is -0.219. The van der Waals surface area contributed by atoms with Crippen molar-refractivity contribution in [2.75, 3.05) is 0 Å². The number of rotatable bonds is 7. The Hall–Kier alpha value is -4.32. The second-order valence-electron chi connectivity index (χ2n) is 7.07. The fourth-order valence-electron chi connectivity index (χ4n) is 3.26. The van der Waals surface area contributed by atoms with Crippen molar-refractivity contribution in [3.63, 3.8) is 0 Å². The number of benzene rings is 3. The molecule has 1 aliphatic carbocycles. The lowest BCUT2D eigenvalue weighted by Crippen LogP contribution is -2.37. The van der Waals surface area contributed by atoms with Gasteiger partial charge in [0.05, 0.1) is 5.57 Å². The van der Waals surface area contributed by atoms with E-state index < -0.39 is 17.4 Å². The zero-order chi connectivity index (χ0) is 22.2. The summed E-state index contributed by atoms with van der Waals surface area (Å²) in [7, 11) is 0. The number of carbonyl (C=O) groups excluding carboxylic acids is 2. The van der Waals surface area contributed by atoms with Gasteiger partial charge in [0.15, 0.2) is 11.5 Å². The number of hydrogen-bond acceptors (Lipinski definition) is 6. The first-order valence-electron chi connectivity index (χ1n) is 10.0. The number of hydrogen-bond donors (Lipinski definition) is 0. The fourth-order valence-corrected chi connectivity index (χ4v) is 3.26. The van der Waals surface area contributed by atoms with Gasteiger partial charge >= 0.3 is 11.9 Å². The molecule has 0 spiro atoms. The molecule has 0 saturated carbocycles. The molecule has 0 heterocycles. The molecule has 0 amide bonds. The maximum absolute atomic E-state index is 13.1. The van der Waals surface area contributed by atoms with E-state index in [1.165, 1.54) is 6.08 Å². The number of carbonyl (C=O) groups is 2. The van der Waals surface area contributed by atoms with Crippen LogP contribution >= 0.6 is 0 Å². The minimum absolute atomic E-state index is 0.181.